The van der Waals surface area contributed by atoms with Crippen molar-refractivity contribution >= 4 is 16.7 Å². The van der Waals surface area contributed by atoms with E-state index in [9.17, 15) is 9.59 Å². The third-order valence-electron chi connectivity index (χ3n) is 4.20. The van der Waals surface area contributed by atoms with Gasteiger partial charge in [-0.1, -0.05) is 36.4 Å². The van der Waals surface area contributed by atoms with Crippen molar-refractivity contribution in [1.82, 2.24) is 15.1 Å². The van der Waals surface area contributed by atoms with Crippen LogP contribution in [0.3, 0.4) is 0 Å². The summed E-state index contributed by atoms with van der Waals surface area (Å²) in [4.78, 5) is 25.6. The minimum atomic E-state index is -0.322. The van der Waals surface area contributed by atoms with Crippen LogP contribution in [0.1, 0.15) is 16.9 Å². The molecule has 0 atom stereocenters. The summed E-state index contributed by atoms with van der Waals surface area (Å²) in [5.74, 6) is -0.322. The number of nitrogens with one attached hydrogen (secondary N) is 1. The second-order valence-corrected chi connectivity index (χ2v) is 6.16. The molecule has 1 heterocycles. The van der Waals surface area contributed by atoms with E-state index in [1.807, 2.05) is 18.2 Å². The van der Waals surface area contributed by atoms with Crippen LogP contribution in [0.4, 0.5) is 0 Å². The largest absolute Gasteiger partial charge is 0.382 e. The second-order valence-electron chi connectivity index (χ2n) is 6.16. The average Bonchev–Trinajstić information content (AvgIpc) is 2.74. The van der Waals surface area contributed by atoms with E-state index in [0.29, 0.717) is 49.2 Å². The number of ether oxygens (including phenoxy) is 2. The number of carbonyl (C=O) groups is 1. The first kappa shape index (κ1) is 19.7. The molecule has 0 fully saturated rings. The van der Waals surface area contributed by atoms with Crippen LogP contribution in [0, 0.1) is 0 Å². The monoisotopic (exact) mass is 381 g/mol. The number of methoxy groups -OCH3 is 1. The number of hydrogen-bond acceptors (Lipinski definition) is 5. The molecular weight excluding hydrogens is 358 g/mol. The molecule has 2 aromatic carbocycles. The van der Waals surface area contributed by atoms with E-state index in [1.165, 1.54) is 4.68 Å². The van der Waals surface area contributed by atoms with Crippen molar-refractivity contribution in [3.05, 3.63) is 70.6 Å². The van der Waals surface area contributed by atoms with E-state index >= 15 is 0 Å². The molecule has 0 spiro atoms. The maximum Gasteiger partial charge on any atom is 0.279 e. The molecule has 7 heteroatoms. The van der Waals surface area contributed by atoms with Crippen molar-refractivity contribution in [3.63, 3.8) is 0 Å². The summed E-state index contributed by atoms with van der Waals surface area (Å²) in [5.41, 5.74) is 0.572. The molecule has 1 N–H and O–H groups in total. The zero-order valence-electron chi connectivity index (χ0n) is 15.8. The molecule has 0 aliphatic carbocycles. The molecule has 3 aromatic rings. The van der Waals surface area contributed by atoms with Gasteiger partial charge in [-0.2, -0.15) is 9.78 Å². The van der Waals surface area contributed by atoms with Crippen molar-refractivity contribution in [2.45, 2.75) is 6.42 Å². The number of fused-ring (bicyclic) bond motifs is 1. The Morgan fingerprint density at radius 1 is 1.00 bits per heavy atom. The Kier molecular flexibility index (Phi) is 6.89. The number of rotatable bonds is 9. The predicted molar refractivity (Wildman–Crippen MR) is 107 cm³/mol. The van der Waals surface area contributed by atoms with Gasteiger partial charge in [-0.05, 0) is 24.6 Å². The molecular formula is C21H23N3O4. The van der Waals surface area contributed by atoms with Gasteiger partial charge in [0.25, 0.3) is 11.5 Å². The summed E-state index contributed by atoms with van der Waals surface area (Å²) in [7, 11) is 1.62. The number of carbonyl (C=O) groups excluding carboxylic acids is 1. The molecule has 0 aliphatic heterocycles. The molecule has 0 unspecified atom stereocenters. The number of amides is 1. The lowest BCUT2D eigenvalue weighted by molar-refractivity contribution is 0.0688. The summed E-state index contributed by atoms with van der Waals surface area (Å²) < 4.78 is 11.6. The molecule has 3 rings (SSSR count). The van der Waals surface area contributed by atoms with Crippen LogP contribution < -0.4 is 10.9 Å². The molecule has 28 heavy (non-hydrogen) atoms. The van der Waals surface area contributed by atoms with Gasteiger partial charge in [-0.15, -0.1) is 0 Å². The molecule has 0 bridgehead atoms. The highest BCUT2D eigenvalue weighted by Crippen LogP contribution is 2.15. The Morgan fingerprint density at radius 3 is 2.46 bits per heavy atom. The fourth-order valence-electron chi connectivity index (χ4n) is 2.81. The highest BCUT2D eigenvalue weighted by atomic mass is 16.5. The van der Waals surface area contributed by atoms with Crippen molar-refractivity contribution in [2.75, 3.05) is 33.5 Å². The predicted octanol–water partition coefficient (Wildman–Crippen LogP) is 2.17. The highest BCUT2D eigenvalue weighted by Gasteiger charge is 2.17. The van der Waals surface area contributed by atoms with E-state index in [4.69, 9.17) is 9.47 Å². The van der Waals surface area contributed by atoms with E-state index in [0.717, 1.165) is 0 Å². The van der Waals surface area contributed by atoms with Gasteiger partial charge in [-0.3, -0.25) is 9.59 Å². The Hall–Kier alpha value is -3.03. The molecule has 7 nitrogen and oxygen atoms in total. The highest BCUT2D eigenvalue weighted by molar-refractivity contribution is 6.04. The standard InChI is InChI=1S/C21H23N3O4/c1-27-14-15-28-13-7-12-22-20(25)19-17-10-5-6-11-18(17)21(26)24(23-19)16-8-3-2-4-9-16/h2-6,8-11H,7,12-15H2,1H3,(H,22,25). The number of para-hydroxylation sites is 1. The lowest BCUT2D eigenvalue weighted by atomic mass is 10.1. The summed E-state index contributed by atoms with van der Waals surface area (Å²) >= 11 is 0. The second kappa shape index (κ2) is 9.77. The molecule has 1 aromatic heterocycles. The summed E-state index contributed by atoms with van der Waals surface area (Å²) in [6, 6.07) is 16.1. The smallest absolute Gasteiger partial charge is 0.279 e. The van der Waals surface area contributed by atoms with Gasteiger partial charge < -0.3 is 14.8 Å². The van der Waals surface area contributed by atoms with E-state index in [2.05, 4.69) is 10.4 Å². The van der Waals surface area contributed by atoms with Gasteiger partial charge in [-0.25, -0.2) is 0 Å². The zero-order chi connectivity index (χ0) is 19.8. The van der Waals surface area contributed by atoms with Gasteiger partial charge in [0.2, 0.25) is 0 Å². The van der Waals surface area contributed by atoms with Crippen LogP contribution in [0.5, 0.6) is 0 Å². The minimum Gasteiger partial charge on any atom is -0.382 e. The first-order valence-electron chi connectivity index (χ1n) is 9.14. The molecule has 1 amide bonds. The number of nitrogens with zero attached hydrogens (tertiary/aromatic N) is 2. The first-order chi connectivity index (χ1) is 13.7. The number of hydrogen-bond donors (Lipinski definition) is 1. The van der Waals surface area contributed by atoms with Crippen molar-refractivity contribution < 1.29 is 14.3 Å². The van der Waals surface area contributed by atoms with Crippen LogP contribution in [0.2, 0.25) is 0 Å². The maximum absolute atomic E-state index is 12.8. The third-order valence-corrected chi connectivity index (χ3v) is 4.20. The Balaban J connectivity index is 1.81. The SMILES string of the molecule is COCCOCCCNC(=O)c1nn(-c2ccccc2)c(=O)c2ccccc12. The first-order valence-corrected chi connectivity index (χ1v) is 9.14. The Labute approximate surface area is 162 Å². The minimum absolute atomic E-state index is 0.222. The van der Waals surface area contributed by atoms with Gasteiger partial charge in [0.15, 0.2) is 5.69 Å². The zero-order valence-corrected chi connectivity index (χ0v) is 15.8. The normalized spacial score (nSPS) is 10.9. The summed E-state index contributed by atoms with van der Waals surface area (Å²) in [6.45, 7) is 2.05. The summed E-state index contributed by atoms with van der Waals surface area (Å²) in [6.07, 6.45) is 0.672. The van der Waals surface area contributed by atoms with Crippen molar-refractivity contribution in [2.24, 2.45) is 0 Å². The number of aromatic nitrogens is 2. The number of benzene rings is 2. The quantitative estimate of drug-likeness (QED) is 0.575. The third kappa shape index (κ3) is 4.62. The van der Waals surface area contributed by atoms with E-state index in [-0.39, 0.29) is 17.2 Å². The lowest BCUT2D eigenvalue weighted by Crippen LogP contribution is -2.31. The van der Waals surface area contributed by atoms with E-state index < -0.39 is 0 Å². The molecule has 0 aliphatic rings. The maximum atomic E-state index is 12.8. The lowest BCUT2D eigenvalue weighted by Gasteiger charge is -2.11. The van der Waals surface area contributed by atoms with Gasteiger partial charge in [0.05, 0.1) is 24.3 Å². The molecule has 146 valence electrons. The van der Waals surface area contributed by atoms with Gasteiger partial charge in [0, 0.05) is 25.6 Å². The molecule has 0 saturated heterocycles. The average molecular weight is 381 g/mol. The van der Waals surface area contributed by atoms with Crippen molar-refractivity contribution in [3.8, 4) is 5.69 Å². The van der Waals surface area contributed by atoms with Gasteiger partial charge in [0.1, 0.15) is 0 Å². The van der Waals surface area contributed by atoms with Crippen LogP contribution >= 0.6 is 0 Å². The fraction of sp³-hybridized carbons (Fsp3) is 0.286. The van der Waals surface area contributed by atoms with Crippen LogP contribution in [-0.2, 0) is 9.47 Å². The van der Waals surface area contributed by atoms with Crippen LogP contribution in [0.15, 0.2) is 59.4 Å². The van der Waals surface area contributed by atoms with Crippen LogP contribution in [0.25, 0.3) is 16.5 Å². The van der Waals surface area contributed by atoms with Crippen molar-refractivity contribution in [1.29, 1.82) is 0 Å². The van der Waals surface area contributed by atoms with Crippen LogP contribution in [-0.4, -0.2) is 49.2 Å². The topological polar surface area (TPSA) is 82.4 Å². The Morgan fingerprint density at radius 2 is 1.71 bits per heavy atom. The molecule has 0 saturated carbocycles. The fourth-order valence-corrected chi connectivity index (χ4v) is 2.81. The summed E-state index contributed by atoms with van der Waals surface area (Å²) in [5, 5.41) is 8.20. The van der Waals surface area contributed by atoms with E-state index in [1.54, 1.807) is 43.5 Å². The Bertz CT molecular complexity index is 986. The molecule has 0 radical (unpaired) electrons. The van der Waals surface area contributed by atoms with Gasteiger partial charge >= 0.3 is 0 Å².